The molecule has 0 saturated carbocycles. The van der Waals surface area contributed by atoms with Gasteiger partial charge in [0.05, 0.1) is 30.2 Å². The van der Waals surface area contributed by atoms with Gasteiger partial charge in [-0.15, -0.1) is 0 Å². The summed E-state index contributed by atoms with van der Waals surface area (Å²) in [5.41, 5.74) is 7.74. The molecule has 2 rings (SSSR count). The van der Waals surface area contributed by atoms with Gasteiger partial charge in [0.15, 0.2) is 0 Å². The standard InChI is InChI=1S/C14H20N2O3/c1-18-14(17)10-5-6-13(12(15)8-10)16-9-11-4-2-3-7-19-11/h5-6,8,11,16H,2-4,7,9,15H2,1H3. The van der Waals surface area contributed by atoms with Crippen LogP contribution in [0, 0.1) is 0 Å². The molecule has 0 aliphatic carbocycles. The quantitative estimate of drug-likeness (QED) is 0.643. The molecule has 0 spiro atoms. The lowest BCUT2D eigenvalue weighted by Crippen LogP contribution is -2.27. The predicted octanol–water partition coefficient (Wildman–Crippen LogP) is 2.04. The van der Waals surface area contributed by atoms with E-state index in [1.54, 1.807) is 18.2 Å². The van der Waals surface area contributed by atoms with Gasteiger partial charge in [0, 0.05) is 13.2 Å². The first-order chi connectivity index (χ1) is 9.20. The van der Waals surface area contributed by atoms with E-state index in [1.807, 2.05) is 0 Å². The molecule has 0 amide bonds. The minimum atomic E-state index is -0.381. The van der Waals surface area contributed by atoms with Crippen LogP contribution in [0.5, 0.6) is 0 Å². The number of ether oxygens (including phenoxy) is 2. The molecule has 5 nitrogen and oxygen atoms in total. The normalized spacial score (nSPS) is 18.9. The molecule has 1 atom stereocenters. The summed E-state index contributed by atoms with van der Waals surface area (Å²) in [7, 11) is 1.35. The van der Waals surface area contributed by atoms with Crippen molar-refractivity contribution in [2.24, 2.45) is 0 Å². The molecule has 1 aromatic rings. The van der Waals surface area contributed by atoms with Crippen molar-refractivity contribution >= 4 is 17.3 Å². The molecule has 0 radical (unpaired) electrons. The zero-order valence-electron chi connectivity index (χ0n) is 11.1. The first-order valence-corrected chi connectivity index (χ1v) is 6.54. The van der Waals surface area contributed by atoms with E-state index >= 15 is 0 Å². The van der Waals surface area contributed by atoms with Crippen LogP contribution in [-0.2, 0) is 9.47 Å². The van der Waals surface area contributed by atoms with E-state index in [-0.39, 0.29) is 12.1 Å². The Morgan fingerprint density at radius 1 is 1.53 bits per heavy atom. The van der Waals surface area contributed by atoms with Crippen LogP contribution in [0.1, 0.15) is 29.6 Å². The van der Waals surface area contributed by atoms with Gasteiger partial charge in [0.25, 0.3) is 0 Å². The van der Waals surface area contributed by atoms with Gasteiger partial charge in [-0.2, -0.15) is 0 Å². The van der Waals surface area contributed by atoms with Crippen molar-refractivity contribution in [3.8, 4) is 0 Å². The Bertz CT molecular complexity index is 442. The summed E-state index contributed by atoms with van der Waals surface area (Å²) in [6.07, 6.45) is 3.68. The lowest BCUT2D eigenvalue weighted by Gasteiger charge is -2.23. The second-order valence-corrected chi connectivity index (χ2v) is 4.66. The number of hydrogen-bond acceptors (Lipinski definition) is 5. The van der Waals surface area contributed by atoms with Crippen molar-refractivity contribution in [3.05, 3.63) is 23.8 Å². The number of carbonyl (C=O) groups excluding carboxylic acids is 1. The molecule has 0 aromatic heterocycles. The summed E-state index contributed by atoms with van der Waals surface area (Å²) in [4.78, 5) is 11.4. The number of rotatable bonds is 4. The van der Waals surface area contributed by atoms with Crippen molar-refractivity contribution in [2.45, 2.75) is 25.4 Å². The van der Waals surface area contributed by atoms with E-state index in [4.69, 9.17) is 10.5 Å². The Morgan fingerprint density at radius 2 is 2.37 bits per heavy atom. The van der Waals surface area contributed by atoms with Crippen LogP contribution in [0.25, 0.3) is 0 Å². The minimum Gasteiger partial charge on any atom is -0.465 e. The Balaban J connectivity index is 1.95. The highest BCUT2D eigenvalue weighted by molar-refractivity contribution is 5.91. The molecule has 104 valence electrons. The van der Waals surface area contributed by atoms with Gasteiger partial charge in [0.2, 0.25) is 0 Å². The third kappa shape index (κ3) is 3.61. The molecule has 1 aliphatic rings. The van der Waals surface area contributed by atoms with E-state index in [0.717, 1.165) is 31.7 Å². The van der Waals surface area contributed by atoms with Crippen molar-refractivity contribution < 1.29 is 14.3 Å². The van der Waals surface area contributed by atoms with Crippen LogP contribution in [0.2, 0.25) is 0 Å². The van der Waals surface area contributed by atoms with E-state index in [2.05, 4.69) is 10.1 Å². The fraction of sp³-hybridized carbons (Fsp3) is 0.500. The maximum Gasteiger partial charge on any atom is 0.337 e. The average molecular weight is 264 g/mol. The number of anilines is 2. The summed E-state index contributed by atoms with van der Waals surface area (Å²) in [5.74, 6) is -0.381. The molecule has 19 heavy (non-hydrogen) atoms. The Labute approximate surface area is 113 Å². The summed E-state index contributed by atoms with van der Waals surface area (Å²) < 4.78 is 10.3. The van der Waals surface area contributed by atoms with Gasteiger partial charge < -0.3 is 20.5 Å². The predicted molar refractivity (Wildman–Crippen MR) is 74.3 cm³/mol. The van der Waals surface area contributed by atoms with Crippen LogP contribution >= 0.6 is 0 Å². The third-order valence-electron chi connectivity index (χ3n) is 3.27. The second kappa shape index (κ2) is 6.43. The number of hydrogen-bond donors (Lipinski definition) is 2. The van der Waals surface area contributed by atoms with Gasteiger partial charge in [-0.25, -0.2) is 4.79 Å². The molecule has 1 aliphatic heterocycles. The highest BCUT2D eigenvalue weighted by atomic mass is 16.5. The number of esters is 1. The van der Waals surface area contributed by atoms with Gasteiger partial charge >= 0.3 is 5.97 Å². The maximum atomic E-state index is 11.4. The van der Waals surface area contributed by atoms with Crippen LogP contribution in [0.15, 0.2) is 18.2 Å². The van der Waals surface area contributed by atoms with E-state index < -0.39 is 0 Å². The molecule has 1 aromatic carbocycles. The number of nitrogens with one attached hydrogen (secondary N) is 1. The van der Waals surface area contributed by atoms with Crippen molar-refractivity contribution in [1.82, 2.24) is 0 Å². The highest BCUT2D eigenvalue weighted by Crippen LogP contribution is 2.21. The monoisotopic (exact) mass is 264 g/mol. The summed E-state index contributed by atoms with van der Waals surface area (Å²) in [6, 6.07) is 5.12. The maximum absolute atomic E-state index is 11.4. The van der Waals surface area contributed by atoms with Gasteiger partial charge in [-0.1, -0.05) is 0 Å². The van der Waals surface area contributed by atoms with Crippen molar-refractivity contribution in [3.63, 3.8) is 0 Å². The number of carbonyl (C=O) groups is 1. The Morgan fingerprint density at radius 3 is 3.00 bits per heavy atom. The number of nitrogens with two attached hydrogens (primary N) is 1. The minimum absolute atomic E-state index is 0.244. The fourth-order valence-electron chi connectivity index (χ4n) is 2.16. The van der Waals surface area contributed by atoms with Crippen LogP contribution in [0.4, 0.5) is 11.4 Å². The zero-order valence-corrected chi connectivity index (χ0v) is 11.1. The van der Waals surface area contributed by atoms with Crippen LogP contribution in [-0.4, -0.2) is 32.3 Å². The fourth-order valence-corrected chi connectivity index (χ4v) is 2.16. The summed E-state index contributed by atoms with van der Waals surface area (Å²) in [5, 5.41) is 3.26. The molecule has 1 unspecified atom stereocenters. The number of nitrogen functional groups attached to an aromatic ring is 1. The highest BCUT2D eigenvalue weighted by Gasteiger charge is 2.14. The first kappa shape index (κ1) is 13.7. The lowest BCUT2D eigenvalue weighted by atomic mass is 10.1. The Hall–Kier alpha value is -1.75. The Kier molecular flexibility index (Phi) is 4.63. The smallest absolute Gasteiger partial charge is 0.337 e. The summed E-state index contributed by atoms with van der Waals surface area (Å²) in [6.45, 7) is 1.57. The van der Waals surface area contributed by atoms with Gasteiger partial charge in [0.1, 0.15) is 0 Å². The average Bonchev–Trinajstić information content (AvgIpc) is 2.46. The molecule has 1 saturated heterocycles. The van der Waals surface area contributed by atoms with E-state index in [1.165, 1.54) is 13.5 Å². The molecule has 3 N–H and O–H groups in total. The second-order valence-electron chi connectivity index (χ2n) is 4.66. The third-order valence-corrected chi connectivity index (χ3v) is 3.27. The van der Waals surface area contributed by atoms with Crippen molar-refractivity contribution in [2.75, 3.05) is 31.3 Å². The number of methoxy groups -OCH3 is 1. The molecular formula is C14H20N2O3. The SMILES string of the molecule is COC(=O)c1ccc(NCC2CCCCO2)c(N)c1. The largest absolute Gasteiger partial charge is 0.465 e. The summed E-state index contributed by atoms with van der Waals surface area (Å²) >= 11 is 0. The molecular weight excluding hydrogens is 244 g/mol. The topological polar surface area (TPSA) is 73.6 Å². The van der Waals surface area contributed by atoms with Gasteiger partial charge in [-0.05, 0) is 37.5 Å². The van der Waals surface area contributed by atoms with E-state index in [0.29, 0.717) is 11.3 Å². The first-order valence-electron chi connectivity index (χ1n) is 6.54. The van der Waals surface area contributed by atoms with Crippen LogP contribution < -0.4 is 11.1 Å². The molecule has 5 heteroatoms. The van der Waals surface area contributed by atoms with Gasteiger partial charge in [-0.3, -0.25) is 0 Å². The molecule has 1 heterocycles. The number of benzene rings is 1. The van der Waals surface area contributed by atoms with Crippen molar-refractivity contribution in [1.29, 1.82) is 0 Å². The zero-order chi connectivity index (χ0) is 13.7. The van der Waals surface area contributed by atoms with Crippen LogP contribution in [0.3, 0.4) is 0 Å². The lowest BCUT2D eigenvalue weighted by molar-refractivity contribution is 0.0247. The van der Waals surface area contributed by atoms with E-state index in [9.17, 15) is 4.79 Å². The molecule has 1 fully saturated rings. The molecule has 0 bridgehead atoms.